The monoisotopic (exact) mass is 356 g/mol. The van der Waals surface area contributed by atoms with Gasteiger partial charge in [0, 0.05) is 42.8 Å². The number of hydrogen-bond donors (Lipinski definition) is 0. The molecule has 1 unspecified atom stereocenters. The van der Waals surface area contributed by atoms with E-state index in [0.29, 0.717) is 18.2 Å². The van der Waals surface area contributed by atoms with Gasteiger partial charge in [-0.25, -0.2) is 8.78 Å². The summed E-state index contributed by atoms with van der Waals surface area (Å²) in [5.74, 6) is -1.71. The fourth-order valence-corrected chi connectivity index (χ4v) is 3.82. The third-order valence-electron chi connectivity index (χ3n) is 5.32. The smallest absolute Gasteiger partial charge is 0.193 e. The summed E-state index contributed by atoms with van der Waals surface area (Å²) in [5.41, 5.74) is 0.447. The molecule has 2 aromatic rings. The number of rotatable bonds is 4. The zero-order chi connectivity index (χ0) is 18.3. The highest BCUT2D eigenvalue weighted by molar-refractivity contribution is 6.09. The second-order valence-electron chi connectivity index (χ2n) is 7.25. The Morgan fingerprint density at radius 2 is 1.65 bits per heavy atom. The Morgan fingerprint density at radius 3 is 2.23 bits per heavy atom. The van der Waals surface area contributed by atoms with Crippen LogP contribution in [0.4, 0.5) is 14.5 Å². The zero-order valence-corrected chi connectivity index (χ0v) is 14.8. The van der Waals surface area contributed by atoms with Crippen LogP contribution in [0.2, 0.25) is 0 Å². The molecule has 2 fully saturated rings. The number of nitrogens with zero attached hydrogens (tertiary/aromatic N) is 2. The van der Waals surface area contributed by atoms with E-state index in [1.54, 1.807) is 35.2 Å². The van der Waals surface area contributed by atoms with Crippen molar-refractivity contribution in [1.29, 1.82) is 0 Å². The first-order valence-corrected chi connectivity index (χ1v) is 9.14. The molecule has 0 bridgehead atoms. The number of benzene rings is 2. The summed E-state index contributed by atoms with van der Waals surface area (Å²) in [4.78, 5) is 16.7. The Hall–Kier alpha value is -2.27. The number of carbonyl (C=O) groups is 1. The van der Waals surface area contributed by atoms with Crippen LogP contribution in [0.25, 0.3) is 0 Å². The summed E-state index contributed by atoms with van der Waals surface area (Å²) in [6.07, 6.45) is 2.46. The standard InChI is InChI=1S/C21H22F2N2O/c1-14-13-24(17-7-8-17)9-10-25(14)20-18(22)11-16(12-19(20)23)21(26)15-5-3-2-4-6-15/h2-6,11-12,14,17H,7-10,13H2,1H3. The SMILES string of the molecule is CC1CN(C2CC2)CCN1c1c(F)cc(C(=O)c2ccccc2)cc1F. The molecular formula is C21H22F2N2O. The van der Waals surface area contributed by atoms with Crippen LogP contribution >= 0.6 is 0 Å². The molecule has 1 atom stereocenters. The zero-order valence-electron chi connectivity index (χ0n) is 14.8. The minimum absolute atomic E-state index is 0.0161. The van der Waals surface area contributed by atoms with Gasteiger partial charge in [0.1, 0.15) is 17.3 Å². The lowest BCUT2D eigenvalue weighted by Gasteiger charge is -2.41. The van der Waals surface area contributed by atoms with Crippen molar-refractivity contribution >= 4 is 11.5 Å². The first-order valence-electron chi connectivity index (χ1n) is 9.14. The van der Waals surface area contributed by atoms with Crippen molar-refractivity contribution in [2.24, 2.45) is 0 Å². The van der Waals surface area contributed by atoms with E-state index in [0.717, 1.165) is 25.2 Å². The van der Waals surface area contributed by atoms with Gasteiger partial charge in [-0.2, -0.15) is 0 Å². The van der Waals surface area contributed by atoms with Crippen molar-refractivity contribution < 1.29 is 13.6 Å². The Balaban J connectivity index is 1.59. The molecule has 1 saturated heterocycles. The van der Waals surface area contributed by atoms with Crippen molar-refractivity contribution in [1.82, 2.24) is 4.90 Å². The van der Waals surface area contributed by atoms with Gasteiger partial charge >= 0.3 is 0 Å². The van der Waals surface area contributed by atoms with E-state index in [4.69, 9.17) is 0 Å². The topological polar surface area (TPSA) is 23.6 Å². The first-order chi connectivity index (χ1) is 12.5. The number of ketones is 1. The van der Waals surface area contributed by atoms with Crippen molar-refractivity contribution in [2.75, 3.05) is 24.5 Å². The number of piperazine rings is 1. The van der Waals surface area contributed by atoms with E-state index in [1.165, 1.54) is 12.8 Å². The van der Waals surface area contributed by atoms with Gasteiger partial charge in [0.05, 0.1) is 0 Å². The van der Waals surface area contributed by atoms with E-state index in [1.807, 2.05) is 6.92 Å². The highest BCUT2D eigenvalue weighted by Gasteiger charge is 2.35. The van der Waals surface area contributed by atoms with Crippen molar-refractivity contribution in [3.63, 3.8) is 0 Å². The fourth-order valence-electron chi connectivity index (χ4n) is 3.82. The van der Waals surface area contributed by atoms with Gasteiger partial charge in [-0.3, -0.25) is 9.69 Å². The quantitative estimate of drug-likeness (QED) is 0.777. The van der Waals surface area contributed by atoms with E-state index in [2.05, 4.69) is 4.90 Å². The Labute approximate surface area is 152 Å². The van der Waals surface area contributed by atoms with Crippen LogP contribution in [-0.2, 0) is 0 Å². The summed E-state index contributed by atoms with van der Waals surface area (Å²) in [7, 11) is 0. The maximum atomic E-state index is 14.8. The third kappa shape index (κ3) is 3.23. The highest BCUT2D eigenvalue weighted by atomic mass is 19.1. The maximum absolute atomic E-state index is 14.8. The average Bonchev–Trinajstić information content (AvgIpc) is 3.47. The largest absolute Gasteiger partial charge is 0.362 e. The first kappa shape index (κ1) is 17.2. The van der Waals surface area contributed by atoms with Crippen molar-refractivity contribution in [3.8, 4) is 0 Å². The molecule has 0 amide bonds. The summed E-state index contributed by atoms with van der Waals surface area (Å²) in [6, 6.07) is 11.6. The van der Waals surface area contributed by atoms with Crippen LogP contribution < -0.4 is 4.90 Å². The van der Waals surface area contributed by atoms with Crippen LogP contribution in [0.5, 0.6) is 0 Å². The normalized spacial score (nSPS) is 21.0. The number of halogens is 2. The molecule has 2 aliphatic rings. The number of carbonyl (C=O) groups excluding carboxylic acids is 1. The van der Waals surface area contributed by atoms with Gasteiger partial charge in [0.15, 0.2) is 5.78 Å². The molecule has 1 aliphatic carbocycles. The molecule has 0 spiro atoms. The molecule has 1 heterocycles. The molecular weight excluding hydrogens is 334 g/mol. The predicted octanol–water partition coefficient (Wildman–Crippen LogP) is 3.87. The van der Waals surface area contributed by atoms with Crippen molar-refractivity contribution in [3.05, 3.63) is 65.2 Å². The molecule has 4 rings (SSSR count). The minimum Gasteiger partial charge on any atom is -0.362 e. The molecule has 0 N–H and O–H groups in total. The van der Waals surface area contributed by atoms with Crippen LogP contribution in [0.3, 0.4) is 0 Å². The van der Waals surface area contributed by atoms with Crippen LogP contribution in [0.1, 0.15) is 35.7 Å². The third-order valence-corrected chi connectivity index (χ3v) is 5.32. The van der Waals surface area contributed by atoms with Crippen LogP contribution in [0, 0.1) is 11.6 Å². The fraction of sp³-hybridized carbons (Fsp3) is 0.381. The molecule has 3 nitrogen and oxygen atoms in total. The van der Waals surface area contributed by atoms with E-state index < -0.39 is 11.6 Å². The highest BCUT2D eigenvalue weighted by Crippen LogP contribution is 2.33. The lowest BCUT2D eigenvalue weighted by Crippen LogP contribution is -2.53. The van der Waals surface area contributed by atoms with Gasteiger partial charge in [0.25, 0.3) is 0 Å². The molecule has 2 aromatic carbocycles. The van der Waals surface area contributed by atoms with Crippen LogP contribution in [0.15, 0.2) is 42.5 Å². The number of anilines is 1. The van der Waals surface area contributed by atoms with Crippen LogP contribution in [-0.4, -0.2) is 42.4 Å². The lowest BCUT2D eigenvalue weighted by molar-refractivity contribution is 0.103. The number of hydrogen-bond acceptors (Lipinski definition) is 3. The summed E-state index contributed by atoms with van der Waals surface area (Å²) in [5, 5.41) is 0. The van der Waals surface area contributed by atoms with Gasteiger partial charge < -0.3 is 4.90 Å². The second-order valence-corrected chi connectivity index (χ2v) is 7.25. The lowest BCUT2D eigenvalue weighted by atomic mass is 10.0. The molecule has 136 valence electrons. The average molecular weight is 356 g/mol. The maximum Gasteiger partial charge on any atom is 0.193 e. The Morgan fingerprint density at radius 1 is 1.00 bits per heavy atom. The Bertz CT molecular complexity index is 797. The molecule has 1 saturated carbocycles. The minimum atomic E-state index is -0.670. The van der Waals surface area contributed by atoms with E-state index in [9.17, 15) is 13.6 Å². The molecule has 0 radical (unpaired) electrons. The second kappa shape index (κ2) is 6.80. The summed E-state index contributed by atoms with van der Waals surface area (Å²) in [6.45, 7) is 4.22. The van der Waals surface area contributed by atoms with Gasteiger partial charge in [0.2, 0.25) is 0 Å². The molecule has 5 heteroatoms. The summed E-state index contributed by atoms with van der Waals surface area (Å²) < 4.78 is 29.5. The predicted molar refractivity (Wildman–Crippen MR) is 97.6 cm³/mol. The summed E-state index contributed by atoms with van der Waals surface area (Å²) >= 11 is 0. The van der Waals surface area contributed by atoms with Gasteiger partial charge in [-0.1, -0.05) is 30.3 Å². The Kier molecular flexibility index (Phi) is 4.49. The molecule has 26 heavy (non-hydrogen) atoms. The molecule has 0 aromatic heterocycles. The molecule has 1 aliphatic heterocycles. The van der Waals surface area contributed by atoms with E-state index >= 15 is 0 Å². The van der Waals surface area contributed by atoms with Gasteiger partial charge in [-0.15, -0.1) is 0 Å². The van der Waals surface area contributed by atoms with Gasteiger partial charge in [-0.05, 0) is 31.9 Å². The van der Waals surface area contributed by atoms with Crippen molar-refractivity contribution in [2.45, 2.75) is 31.8 Å². The van der Waals surface area contributed by atoms with E-state index in [-0.39, 0.29) is 23.1 Å².